The summed E-state index contributed by atoms with van der Waals surface area (Å²) in [5, 5.41) is 9.51. The highest BCUT2D eigenvalue weighted by Gasteiger charge is 2.26. The summed E-state index contributed by atoms with van der Waals surface area (Å²) in [5.74, 6) is -0.0599. The van der Waals surface area contributed by atoms with Crippen LogP contribution in [-0.2, 0) is 25.9 Å². The number of H-pyrrole nitrogens is 1. The smallest absolute Gasteiger partial charge is 0.276 e. The molecule has 0 unspecified atom stereocenters. The van der Waals surface area contributed by atoms with Crippen LogP contribution in [0.15, 0.2) is 60.8 Å². The van der Waals surface area contributed by atoms with Gasteiger partial charge in [-0.2, -0.15) is 0 Å². The molecule has 140 valence electrons. The predicted molar refractivity (Wildman–Crippen MR) is 107 cm³/mol. The molecule has 6 nitrogen and oxygen atoms in total. The fraction of sp³-hybridized carbons (Fsp3) is 0.227. The molecule has 5 rings (SSSR count). The summed E-state index contributed by atoms with van der Waals surface area (Å²) in [4.78, 5) is 18.2. The first-order valence-corrected chi connectivity index (χ1v) is 9.60. The highest BCUT2D eigenvalue weighted by Crippen LogP contribution is 2.27. The van der Waals surface area contributed by atoms with E-state index in [1.807, 2.05) is 29.2 Å². The zero-order chi connectivity index (χ0) is 18.9. The first kappa shape index (κ1) is 16.7. The van der Waals surface area contributed by atoms with E-state index in [9.17, 15) is 4.79 Å². The number of carbonyl (C=O) groups excluding carboxylic acids is 1. The van der Waals surface area contributed by atoms with Gasteiger partial charge in [0, 0.05) is 29.7 Å². The summed E-state index contributed by atoms with van der Waals surface area (Å²) in [5.41, 5.74) is 5.23. The summed E-state index contributed by atoms with van der Waals surface area (Å²) in [6.45, 7) is 1.99. The summed E-state index contributed by atoms with van der Waals surface area (Å²) >= 11 is 0. The molecule has 3 heterocycles. The van der Waals surface area contributed by atoms with E-state index in [1.165, 1.54) is 16.5 Å². The van der Waals surface area contributed by atoms with Gasteiger partial charge in [-0.1, -0.05) is 53.7 Å². The molecule has 1 aliphatic heterocycles. The number of rotatable bonds is 4. The zero-order valence-corrected chi connectivity index (χ0v) is 15.5. The summed E-state index contributed by atoms with van der Waals surface area (Å²) < 4.78 is 1.75. The molecule has 28 heavy (non-hydrogen) atoms. The van der Waals surface area contributed by atoms with Gasteiger partial charge in [0.25, 0.3) is 5.91 Å². The third-order valence-electron chi connectivity index (χ3n) is 5.40. The Labute approximate surface area is 162 Å². The SMILES string of the molecule is O=C(c1cn(CCc2ccccc2)nn1)N1CCc2c([nH]c3ccccc23)C1. The van der Waals surface area contributed by atoms with Crippen LogP contribution in [0.4, 0.5) is 0 Å². The van der Waals surface area contributed by atoms with E-state index in [4.69, 9.17) is 0 Å². The van der Waals surface area contributed by atoms with E-state index in [1.54, 1.807) is 10.9 Å². The molecule has 0 saturated heterocycles. The lowest BCUT2D eigenvalue weighted by Gasteiger charge is -2.26. The van der Waals surface area contributed by atoms with Gasteiger partial charge in [-0.15, -0.1) is 5.10 Å². The molecule has 6 heteroatoms. The molecule has 0 atom stereocenters. The molecular weight excluding hydrogens is 350 g/mol. The Morgan fingerprint density at radius 1 is 1.07 bits per heavy atom. The highest BCUT2D eigenvalue weighted by molar-refractivity contribution is 5.92. The van der Waals surface area contributed by atoms with E-state index < -0.39 is 0 Å². The number of aromatic nitrogens is 4. The molecule has 1 N–H and O–H groups in total. The van der Waals surface area contributed by atoms with Gasteiger partial charge < -0.3 is 9.88 Å². The number of amides is 1. The Morgan fingerprint density at radius 2 is 1.89 bits per heavy atom. The Hall–Kier alpha value is -3.41. The van der Waals surface area contributed by atoms with Crippen molar-refractivity contribution < 1.29 is 4.79 Å². The van der Waals surface area contributed by atoms with Gasteiger partial charge in [0.1, 0.15) is 0 Å². The molecule has 2 aromatic carbocycles. The normalized spacial score (nSPS) is 13.6. The zero-order valence-electron chi connectivity index (χ0n) is 15.5. The average molecular weight is 371 g/mol. The number of nitrogens with zero attached hydrogens (tertiary/aromatic N) is 4. The van der Waals surface area contributed by atoms with Gasteiger partial charge in [0.15, 0.2) is 5.69 Å². The second kappa shape index (κ2) is 6.96. The van der Waals surface area contributed by atoms with Crippen LogP contribution >= 0.6 is 0 Å². The average Bonchev–Trinajstić information content (AvgIpc) is 3.36. The van der Waals surface area contributed by atoms with Gasteiger partial charge >= 0.3 is 0 Å². The summed E-state index contributed by atoms with van der Waals surface area (Å²) in [6.07, 6.45) is 3.47. The summed E-state index contributed by atoms with van der Waals surface area (Å²) in [6, 6.07) is 18.6. The first-order valence-electron chi connectivity index (χ1n) is 9.60. The third-order valence-corrected chi connectivity index (χ3v) is 5.40. The van der Waals surface area contributed by atoms with Crippen LogP contribution in [0, 0.1) is 0 Å². The van der Waals surface area contributed by atoms with E-state index in [0.29, 0.717) is 25.3 Å². The molecular formula is C22H21N5O. The van der Waals surface area contributed by atoms with Gasteiger partial charge in [0.2, 0.25) is 0 Å². The molecule has 4 aromatic rings. The molecule has 2 aromatic heterocycles. The Balaban J connectivity index is 1.28. The Morgan fingerprint density at radius 3 is 2.79 bits per heavy atom. The van der Waals surface area contributed by atoms with Crippen LogP contribution in [0.1, 0.15) is 27.3 Å². The van der Waals surface area contributed by atoms with E-state index in [-0.39, 0.29) is 5.91 Å². The topological polar surface area (TPSA) is 66.8 Å². The van der Waals surface area contributed by atoms with Crippen molar-refractivity contribution in [2.45, 2.75) is 25.9 Å². The number of hydrogen-bond acceptors (Lipinski definition) is 3. The van der Waals surface area contributed by atoms with E-state index >= 15 is 0 Å². The van der Waals surface area contributed by atoms with Crippen LogP contribution in [0.25, 0.3) is 10.9 Å². The van der Waals surface area contributed by atoms with Crippen molar-refractivity contribution >= 4 is 16.8 Å². The fourth-order valence-corrected chi connectivity index (χ4v) is 3.92. The van der Waals surface area contributed by atoms with Gasteiger partial charge in [-0.3, -0.25) is 9.48 Å². The quantitative estimate of drug-likeness (QED) is 0.599. The van der Waals surface area contributed by atoms with Crippen molar-refractivity contribution in [1.82, 2.24) is 24.9 Å². The minimum Gasteiger partial charge on any atom is -0.357 e. The van der Waals surface area contributed by atoms with Gasteiger partial charge in [-0.25, -0.2) is 0 Å². The molecule has 0 saturated carbocycles. The molecule has 0 spiro atoms. The monoisotopic (exact) mass is 371 g/mol. The largest absolute Gasteiger partial charge is 0.357 e. The fourth-order valence-electron chi connectivity index (χ4n) is 3.92. The molecule has 0 bridgehead atoms. The maximum atomic E-state index is 12.9. The molecule has 0 aliphatic carbocycles. The van der Waals surface area contributed by atoms with Crippen molar-refractivity contribution in [3.8, 4) is 0 Å². The van der Waals surface area contributed by atoms with Crippen LogP contribution < -0.4 is 0 Å². The molecule has 1 aliphatic rings. The highest BCUT2D eigenvalue weighted by atomic mass is 16.2. The van der Waals surface area contributed by atoms with E-state index in [2.05, 4.69) is 45.6 Å². The Bertz CT molecular complexity index is 1130. The van der Waals surface area contributed by atoms with Crippen molar-refractivity contribution in [1.29, 1.82) is 0 Å². The minimum absolute atomic E-state index is 0.0599. The molecule has 0 radical (unpaired) electrons. The van der Waals surface area contributed by atoms with Crippen LogP contribution in [0.3, 0.4) is 0 Å². The van der Waals surface area contributed by atoms with E-state index in [0.717, 1.165) is 24.1 Å². The maximum absolute atomic E-state index is 12.9. The number of fused-ring (bicyclic) bond motifs is 3. The lowest BCUT2D eigenvalue weighted by Crippen LogP contribution is -2.36. The number of hydrogen-bond donors (Lipinski definition) is 1. The summed E-state index contributed by atoms with van der Waals surface area (Å²) in [7, 11) is 0. The van der Waals surface area contributed by atoms with Crippen molar-refractivity contribution in [3.05, 3.63) is 83.3 Å². The minimum atomic E-state index is -0.0599. The number of aryl methyl sites for hydroxylation is 2. The number of nitrogens with one attached hydrogen (secondary N) is 1. The predicted octanol–water partition coefficient (Wildman–Crippen LogP) is 3.20. The lowest BCUT2D eigenvalue weighted by molar-refractivity contribution is 0.0727. The first-order chi connectivity index (χ1) is 13.8. The van der Waals surface area contributed by atoms with Gasteiger partial charge in [-0.05, 0) is 30.0 Å². The molecule has 0 fully saturated rings. The Kier molecular flexibility index (Phi) is 4.16. The van der Waals surface area contributed by atoms with Gasteiger partial charge in [0.05, 0.1) is 12.7 Å². The standard InChI is InChI=1S/C22H21N5O/c28-22(21-15-27(25-24-21)13-10-16-6-2-1-3-7-16)26-12-11-18-17-8-4-5-9-19(17)23-20(18)14-26/h1-9,15,23H,10-14H2. The second-order valence-electron chi connectivity index (χ2n) is 7.21. The number of benzene rings is 2. The lowest BCUT2D eigenvalue weighted by atomic mass is 10.0. The van der Waals surface area contributed by atoms with Crippen molar-refractivity contribution in [2.24, 2.45) is 0 Å². The third kappa shape index (κ3) is 3.07. The number of aromatic amines is 1. The van der Waals surface area contributed by atoms with Crippen LogP contribution in [-0.4, -0.2) is 37.3 Å². The number of carbonyl (C=O) groups is 1. The van der Waals surface area contributed by atoms with Crippen LogP contribution in [0.5, 0.6) is 0 Å². The number of para-hydroxylation sites is 1. The van der Waals surface area contributed by atoms with Crippen molar-refractivity contribution in [3.63, 3.8) is 0 Å². The molecule has 1 amide bonds. The van der Waals surface area contributed by atoms with Crippen LogP contribution in [0.2, 0.25) is 0 Å². The second-order valence-corrected chi connectivity index (χ2v) is 7.21. The maximum Gasteiger partial charge on any atom is 0.276 e. The van der Waals surface area contributed by atoms with Crippen molar-refractivity contribution in [2.75, 3.05) is 6.54 Å².